The summed E-state index contributed by atoms with van der Waals surface area (Å²) in [7, 11) is 0. The second kappa shape index (κ2) is 9.84. The molecule has 3 heteroatoms. The van der Waals surface area contributed by atoms with Gasteiger partial charge in [0, 0.05) is 17.1 Å². The van der Waals surface area contributed by atoms with Crippen LogP contribution in [0.3, 0.4) is 0 Å². The average Bonchev–Trinajstić information content (AvgIpc) is 2.39. The van der Waals surface area contributed by atoms with Crippen molar-refractivity contribution >= 4 is 27.7 Å². The number of thioether (sulfide) groups is 1. The summed E-state index contributed by atoms with van der Waals surface area (Å²) in [6, 6.07) is 9.19. The zero-order chi connectivity index (χ0) is 14.1. The number of hydrogen-bond donors (Lipinski definition) is 1. The normalized spacial score (nSPS) is 12.9. The molecule has 0 heterocycles. The van der Waals surface area contributed by atoms with Gasteiger partial charge in [-0.15, -0.1) is 0 Å². The highest BCUT2D eigenvalue weighted by Crippen LogP contribution is 2.28. The van der Waals surface area contributed by atoms with Gasteiger partial charge >= 0.3 is 0 Å². The molecule has 108 valence electrons. The predicted octanol–water partition coefficient (Wildman–Crippen LogP) is 5.06. The van der Waals surface area contributed by atoms with Crippen LogP contribution < -0.4 is 5.32 Å². The van der Waals surface area contributed by atoms with Gasteiger partial charge in [0.2, 0.25) is 0 Å². The average molecular weight is 344 g/mol. The lowest BCUT2D eigenvalue weighted by Gasteiger charge is -2.21. The van der Waals surface area contributed by atoms with E-state index in [1.165, 1.54) is 34.4 Å². The SMILES string of the molecule is CCSCCCC(CNC(C)C)c1ccccc1Br. The molecule has 0 radical (unpaired) electrons. The van der Waals surface area contributed by atoms with Gasteiger partial charge in [0.25, 0.3) is 0 Å². The van der Waals surface area contributed by atoms with Crippen LogP contribution in [-0.2, 0) is 0 Å². The van der Waals surface area contributed by atoms with Crippen LogP contribution >= 0.6 is 27.7 Å². The summed E-state index contributed by atoms with van der Waals surface area (Å²) < 4.78 is 1.24. The highest BCUT2D eigenvalue weighted by Gasteiger charge is 2.14. The minimum Gasteiger partial charge on any atom is -0.314 e. The molecule has 0 aliphatic rings. The minimum absolute atomic E-state index is 0.551. The molecule has 1 aromatic rings. The van der Waals surface area contributed by atoms with Gasteiger partial charge in [-0.1, -0.05) is 54.9 Å². The second-order valence-electron chi connectivity index (χ2n) is 5.12. The Labute approximate surface area is 131 Å². The molecule has 0 aliphatic heterocycles. The molecule has 1 nitrogen and oxygen atoms in total. The fourth-order valence-corrected chi connectivity index (χ4v) is 3.40. The molecule has 1 unspecified atom stereocenters. The van der Waals surface area contributed by atoms with Gasteiger partial charge in [-0.2, -0.15) is 11.8 Å². The molecule has 0 bridgehead atoms. The van der Waals surface area contributed by atoms with Gasteiger partial charge < -0.3 is 5.32 Å². The van der Waals surface area contributed by atoms with Crippen molar-refractivity contribution in [2.45, 2.75) is 45.6 Å². The number of hydrogen-bond acceptors (Lipinski definition) is 2. The first-order valence-corrected chi connectivity index (χ1v) is 9.15. The van der Waals surface area contributed by atoms with E-state index in [-0.39, 0.29) is 0 Å². The number of rotatable bonds is 9. The smallest absolute Gasteiger partial charge is 0.0210 e. The van der Waals surface area contributed by atoms with Crippen molar-refractivity contribution in [3.8, 4) is 0 Å². The van der Waals surface area contributed by atoms with E-state index >= 15 is 0 Å². The van der Waals surface area contributed by atoms with Crippen molar-refractivity contribution in [2.75, 3.05) is 18.1 Å². The van der Waals surface area contributed by atoms with Crippen molar-refractivity contribution in [2.24, 2.45) is 0 Å². The van der Waals surface area contributed by atoms with Crippen LogP contribution in [0.1, 0.15) is 45.1 Å². The van der Waals surface area contributed by atoms with E-state index in [4.69, 9.17) is 0 Å². The molecule has 0 aromatic heterocycles. The minimum atomic E-state index is 0.551. The first-order valence-electron chi connectivity index (χ1n) is 7.20. The Kier molecular flexibility index (Phi) is 8.84. The molecular weight excluding hydrogens is 318 g/mol. The van der Waals surface area contributed by atoms with Crippen LogP contribution in [0.2, 0.25) is 0 Å². The Morgan fingerprint density at radius 1 is 1.26 bits per heavy atom. The molecule has 0 spiro atoms. The first-order chi connectivity index (χ1) is 9.15. The third-order valence-corrected chi connectivity index (χ3v) is 4.87. The molecular formula is C16H26BrNS. The lowest BCUT2D eigenvalue weighted by Crippen LogP contribution is -2.28. The molecule has 0 fully saturated rings. The Morgan fingerprint density at radius 3 is 2.63 bits per heavy atom. The summed E-state index contributed by atoms with van der Waals surface area (Å²) in [5.41, 5.74) is 1.44. The molecule has 0 saturated heterocycles. The summed E-state index contributed by atoms with van der Waals surface area (Å²) >= 11 is 5.74. The lowest BCUT2D eigenvalue weighted by molar-refractivity contribution is 0.505. The van der Waals surface area contributed by atoms with Crippen molar-refractivity contribution in [3.05, 3.63) is 34.3 Å². The summed E-state index contributed by atoms with van der Waals surface area (Å²) in [6.07, 6.45) is 2.56. The van der Waals surface area contributed by atoms with Crippen LogP contribution in [0, 0.1) is 0 Å². The van der Waals surface area contributed by atoms with Gasteiger partial charge in [0.15, 0.2) is 0 Å². The van der Waals surface area contributed by atoms with Crippen LogP contribution in [0.15, 0.2) is 28.7 Å². The Balaban J connectivity index is 2.60. The maximum absolute atomic E-state index is 3.69. The van der Waals surface area contributed by atoms with E-state index in [1.807, 2.05) is 11.8 Å². The number of nitrogens with one attached hydrogen (secondary N) is 1. The highest BCUT2D eigenvalue weighted by atomic mass is 79.9. The fourth-order valence-electron chi connectivity index (χ4n) is 2.13. The van der Waals surface area contributed by atoms with E-state index in [0.717, 1.165) is 6.54 Å². The zero-order valence-corrected chi connectivity index (χ0v) is 14.7. The molecule has 1 rings (SSSR count). The van der Waals surface area contributed by atoms with Crippen molar-refractivity contribution < 1.29 is 0 Å². The highest BCUT2D eigenvalue weighted by molar-refractivity contribution is 9.10. The molecule has 0 amide bonds. The lowest BCUT2D eigenvalue weighted by atomic mass is 9.94. The Morgan fingerprint density at radius 2 is 2.00 bits per heavy atom. The van der Waals surface area contributed by atoms with Crippen molar-refractivity contribution in [1.29, 1.82) is 0 Å². The summed E-state index contributed by atoms with van der Waals surface area (Å²) in [5.74, 6) is 3.11. The maximum atomic E-state index is 3.69. The standard InChI is InChI=1S/C16H26BrNS/c1-4-19-11-7-8-14(12-18-13(2)3)15-9-5-6-10-16(15)17/h5-6,9-10,13-14,18H,4,7-8,11-12H2,1-3H3. The topological polar surface area (TPSA) is 12.0 Å². The summed E-state index contributed by atoms with van der Waals surface area (Å²) in [6.45, 7) is 7.72. The van der Waals surface area contributed by atoms with E-state index in [9.17, 15) is 0 Å². The van der Waals surface area contributed by atoms with Crippen LogP contribution in [-0.4, -0.2) is 24.1 Å². The number of benzene rings is 1. The monoisotopic (exact) mass is 343 g/mol. The van der Waals surface area contributed by atoms with E-state index in [0.29, 0.717) is 12.0 Å². The summed E-state index contributed by atoms with van der Waals surface area (Å²) in [5, 5.41) is 3.58. The Bertz CT molecular complexity index is 354. The summed E-state index contributed by atoms with van der Waals surface area (Å²) in [4.78, 5) is 0. The zero-order valence-electron chi connectivity index (χ0n) is 12.3. The quantitative estimate of drug-likeness (QED) is 0.628. The second-order valence-corrected chi connectivity index (χ2v) is 7.37. The molecule has 1 N–H and O–H groups in total. The molecule has 1 aromatic carbocycles. The molecule has 0 saturated carbocycles. The molecule has 19 heavy (non-hydrogen) atoms. The largest absolute Gasteiger partial charge is 0.314 e. The van der Waals surface area contributed by atoms with E-state index in [1.54, 1.807) is 0 Å². The van der Waals surface area contributed by atoms with Crippen LogP contribution in [0.4, 0.5) is 0 Å². The van der Waals surface area contributed by atoms with Gasteiger partial charge in [-0.3, -0.25) is 0 Å². The van der Waals surface area contributed by atoms with Crippen molar-refractivity contribution in [1.82, 2.24) is 5.32 Å². The van der Waals surface area contributed by atoms with E-state index in [2.05, 4.69) is 66.3 Å². The van der Waals surface area contributed by atoms with Crippen LogP contribution in [0.5, 0.6) is 0 Å². The predicted molar refractivity (Wildman–Crippen MR) is 92.3 cm³/mol. The molecule has 0 aliphatic carbocycles. The third kappa shape index (κ3) is 6.82. The molecule has 1 atom stereocenters. The number of halogens is 1. The van der Waals surface area contributed by atoms with Gasteiger partial charge in [0.05, 0.1) is 0 Å². The van der Waals surface area contributed by atoms with Crippen LogP contribution in [0.25, 0.3) is 0 Å². The van der Waals surface area contributed by atoms with E-state index < -0.39 is 0 Å². The van der Waals surface area contributed by atoms with Gasteiger partial charge in [0.1, 0.15) is 0 Å². The Hall–Kier alpha value is 0.01000. The third-order valence-electron chi connectivity index (χ3n) is 3.16. The fraction of sp³-hybridized carbons (Fsp3) is 0.625. The van der Waals surface area contributed by atoms with Gasteiger partial charge in [-0.05, 0) is 41.9 Å². The van der Waals surface area contributed by atoms with Crippen molar-refractivity contribution in [3.63, 3.8) is 0 Å². The maximum Gasteiger partial charge on any atom is 0.0210 e. The van der Waals surface area contributed by atoms with Gasteiger partial charge in [-0.25, -0.2) is 0 Å². The first kappa shape index (κ1) is 17.1.